The number of carbonyl (C=O) groups is 6. The number of H-pyrrole nitrogens is 3. The zero-order chi connectivity index (χ0) is 64.2. The maximum absolute atomic E-state index is 13.3. The molecule has 18 heteroatoms. The molecule has 0 spiro atoms. The number of cyclic esters (lactones) is 6. The van der Waals surface area contributed by atoms with Crippen molar-refractivity contribution in [3.8, 4) is 34.2 Å². The number of hydrogen-bond acceptors (Lipinski definition) is 15. The molecule has 0 unspecified atom stereocenters. The van der Waals surface area contributed by atoms with Crippen LogP contribution in [0.15, 0.2) is 233 Å². The molecule has 12 aromatic carbocycles. The Morgan fingerprint density at radius 1 is 0.229 bits per heavy atom. The van der Waals surface area contributed by atoms with E-state index in [0.29, 0.717) is 115 Å². The number of fused-ring (bicyclic) bond motifs is 6. The number of pyridine rings is 3. The zero-order valence-electron chi connectivity index (χ0n) is 49.6. The van der Waals surface area contributed by atoms with E-state index in [0.717, 1.165) is 32.7 Å². The van der Waals surface area contributed by atoms with Gasteiger partial charge in [0.2, 0.25) is 0 Å². The summed E-state index contributed by atoms with van der Waals surface area (Å²) in [4.78, 5) is 124. The quantitative estimate of drug-likeness (QED) is 0.0608. The first-order valence-electron chi connectivity index (χ1n) is 30.6. The topological polar surface area (TPSA) is 253 Å². The molecular formula is C78H39N9O9. The van der Waals surface area contributed by atoms with Gasteiger partial charge in [-0.2, -0.15) is 0 Å². The number of esters is 6. The van der Waals surface area contributed by atoms with Crippen LogP contribution in [0.3, 0.4) is 0 Å². The summed E-state index contributed by atoms with van der Waals surface area (Å²) in [5, 5.41) is 8.75. The van der Waals surface area contributed by atoms with Crippen LogP contribution in [0.25, 0.3) is 132 Å². The van der Waals surface area contributed by atoms with E-state index in [2.05, 4.69) is 15.0 Å². The zero-order valence-corrected chi connectivity index (χ0v) is 49.6. The van der Waals surface area contributed by atoms with Gasteiger partial charge in [0, 0.05) is 114 Å². The summed E-state index contributed by atoms with van der Waals surface area (Å²) in [6.07, 6.45) is 0. The average Bonchev–Trinajstić information content (AvgIpc) is 0.746. The molecule has 16 aromatic rings. The van der Waals surface area contributed by atoms with Crippen molar-refractivity contribution in [1.82, 2.24) is 29.9 Å². The monoisotopic (exact) mass is 1250 g/mol. The molecule has 96 heavy (non-hydrogen) atoms. The van der Waals surface area contributed by atoms with E-state index in [1.54, 1.807) is 72.8 Å². The largest absolute Gasteiger partial charge is 0.386 e. The SMILES string of the molecule is O=C1OC(=O)c2ccc(N=c3c4ccccc4[nH]c4cccc(-c5nc(-c6cccc7[nH]c8ccccc8c(=Nc8ccc9c%10c(cccc8%10)C(=O)OC9=O)c67)nc(-c6cccc7[nH]c8ccccc8c(=Nc8ccc9c%10c(cccc8%10)C(=O)OC9=O)c67)n5)c34)c3cccc1c23. The van der Waals surface area contributed by atoms with E-state index in [-0.39, 0.29) is 50.9 Å². The van der Waals surface area contributed by atoms with Gasteiger partial charge < -0.3 is 29.2 Å². The summed E-state index contributed by atoms with van der Waals surface area (Å²) >= 11 is 0. The molecule has 4 aromatic heterocycles. The Labute approximate surface area is 537 Å². The van der Waals surface area contributed by atoms with Gasteiger partial charge in [-0.25, -0.2) is 58.7 Å². The van der Waals surface area contributed by atoms with Crippen molar-refractivity contribution in [2.24, 2.45) is 15.0 Å². The van der Waals surface area contributed by atoms with E-state index in [4.69, 9.17) is 44.1 Å². The van der Waals surface area contributed by atoms with E-state index >= 15 is 0 Å². The highest BCUT2D eigenvalue weighted by atomic mass is 16.6. The first-order valence-corrected chi connectivity index (χ1v) is 30.6. The first-order chi connectivity index (χ1) is 47.1. The Morgan fingerprint density at radius 3 is 0.771 bits per heavy atom. The van der Waals surface area contributed by atoms with Crippen molar-refractivity contribution >= 4 is 151 Å². The highest BCUT2D eigenvalue weighted by molar-refractivity contribution is 6.25. The number of aromatic amines is 3. The number of nitrogens with one attached hydrogen (secondary N) is 3. The van der Waals surface area contributed by atoms with Crippen molar-refractivity contribution in [3.63, 3.8) is 0 Å². The summed E-state index contributed by atoms with van der Waals surface area (Å²) in [5.74, 6) is -3.74. The van der Waals surface area contributed by atoms with Gasteiger partial charge in [-0.15, -0.1) is 0 Å². The molecule has 450 valence electrons. The summed E-state index contributed by atoms with van der Waals surface area (Å²) < 4.78 is 15.5. The fourth-order valence-corrected chi connectivity index (χ4v) is 14.0. The minimum atomic E-state index is -0.745. The van der Waals surface area contributed by atoms with Gasteiger partial charge in [0.25, 0.3) is 0 Å². The molecule has 0 fully saturated rings. The van der Waals surface area contributed by atoms with Crippen LogP contribution in [0, 0.1) is 0 Å². The normalized spacial score (nSPS) is 14.2. The molecule has 18 nitrogen and oxygen atoms in total. The van der Waals surface area contributed by atoms with Crippen LogP contribution in [-0.2, 0) is 14.2 Å². The summed E-state index contributed by atoms with van der Waals surface area (Å²) in [5.41, 5.74) is 8.97. The average molecular weight is 1250 g/mol. The van der Waals surface area contributed by atoms with E-state index in [9.17, 15) is 28.8 Å². The molecule has 0 bridgehead atoms. The standard InChI is InChI=1S/C78H39N9O9/c88-73-46-22-7-16-37-55(34-31-49(61(37)46)76(91)94-73)82-67-40-13-1-4-25-52(40)79-58-28-10-19-43(64(58)67)70-85-71(44-20-11-29-59-65(44)68(41-14-2-5-26-53(41)80-59)83-56-35-32-50-62-38(56)17-8-23-47(62)74(89)95-77(50)92)87-72(86-70)45-21-12-30-60-66(45)69(42-15-3-6-27-54(42)81-60)84-57-36-33-51-63-39(57)18-9-24-48(63)75(90)96-78(51)93/h1-36H,(H,79,82)(H,80,83)(H,81,84). The smallest absolute Gasteiger partial charge is 0.346 e. The highest BCUT2D eigenvalue weighted by Gasteiger charge is 2.32. The highest BCUT2D eigenvalue weighted by Crippen LogP contribution is 2.41. The van der Waals surface area contributed by atoms with Crippen LogP contribution in [0.2, 0.25) is 0 Å². The predicted octanol–water partition coefficient (Wildman–Crippen LogP) is 14.9. The minimum absolute atomic E-state index is 0.242. The maximum atomic E-state index is 13.3. The minimum Gasteiger partial charge on any atom is -0.386 e. The molecular weight excluding hydrogens is 1210 g/mol. The molecule has 0 saturated carbocycles. The molecule has 0 atom stereocenters. The van der Waals surface area contributed by atoms with Crippen molar-refractivity contribution < 1.29 is 43.0 Å². The van der Waals surface area contributed by atoms with E-state index < -0.39 is 35.8 Å². The number of nitrogens with zero attached hydrogens (tertiary/aromatic N) is 6. The molecule has 19 rings (SSSR count). The van der Waals surface area contributed by atoms with Gasteiger partial charge in [0.1, 0.15) is 0 Å². The summed E-state index contributed by atoms with van der Waals surface area (Å²) in [7, 11) is 0. The van der Waals surface area contributed by atoms with Crippen LogP contribution in [0.5, 0.6) is 0 Å². The summed E-state index contributed by atoms with van der Waals surface area (Å²) in [6, 6.07) is 66.7. The van der Waals surface area contributed by atoms with Crippen molar-refractivity contribution in [1.29, 1.82) is 0 Å². The molecule has 0 amide bonds. The van der Waals surface area contributed by atoms with Crippen LogP contribution >= 0.6 is 0 Å². The second-order valence-electron chi connectivity index (χ2n) is 23.5. The molecule has 3 aliphatic rings. The summed E-state index contributed by atoms with van der Waals surface area (Å²) in [6.45, 7) is 0. The molecule has 3 aliphatic heterocycles. The van der Waals surface area contributed by atoms with Gasteiger partial charge >= 0.3 is 35.8 Å². The number of carbonyl (C=O) groups excluding carboxylic acids is 6. The van der Waals surface area contributed by atoms with Crippen molar-refractivity contribution in [3.05, 3.63) is 268 Å². The number of para-hydroxylation sites is 3. The third-order valence-electron chi connectivity index (χ3n) is 18.2. The molecule has 0 radical (unpaired) electrons. The third kappa shape index (κ3) is 8.05. The Kier molecular flexibility index (Phi) is 11.5. The van der Waals surface area contributed by atoms with Gasteiger partial charge in [-0.05, 0) is 91.0 Å². The van der Waals surface area contributed by atoms with E-state index in [1.807, 2.05) is 146 Å². The number of rotatable bonds is 6. The number of aromatic nitrogens is 6. The second kappa shape index (κ2) is 20.4. The Hall–Kier alpha value is -13.7. The number of benzene rings is 12. The van der Waals surface area contributed by atoms with Gasteiger partial charge in [-0.3, -0.25) is 0 Å². The third-order valence-corrected chi connectivity index (χ3v) is 18.2. The van der Waals surface area contributed by atoms with Gasteiger partial charge in [0.15, 0.2) is 17.5 Å². The maximum Gasteiger partial charge on any atom is 0.346 e. The predicted molar refractivity (Wildman–Crippen MR) is 361 cm³/mol. The first kappa shape index (κ1) is 54.0. The Balaban J connectivity index is 0.938. The lowest BCUT2D eigenvalue weighted by Crippen LogP contribution is -2.19. The van der Waals surface area contributed by atoms with E-state index in [1.165, 1.54) is 0 Å². The molecule has 7 heterocycles. The second-order valence-corrected chi connectivity index (χ2v) is 23.5. The number of ether oxygens (including phenoxy) is 3. The number of hydrogen-bond donors (Lipinski definition) is 3. The fraction of sp³-hybridized carbons (Fsp3) is 0. The van der Waals surface area contributed by atoms with Gasteiger partial charge in [-0.1, -0.05) is 127 Å². The lowest BCUT2D eigenvalue weighted by molar-refractivity contribution is 0.0373. The molecule has 0 saturated heterocycles. The molecule has 3 N–H and O–H groups in total. The van der Waals surface area contributed by atoms with Crippen LogP contribution in [0.1, 0.15) is 62.1 Å². The van der Waals surface area contributed by atoms with Crippen LogP contribution in [-0.4, -0.2) is 65.7 Å². The van der Waals surface area contributed by atoms with Crippen molar-refractivity contribution in [2.45, 2.75) is 0 Å². The fourth-order valence-electron chi connectivity index (χ4n) is 14.0. The van der Waals surface area contributed by atoms with Crippen LogP contribution in [0.4, 0.5) is 17.1 Å². The van der Waals surface area contributed by atoms with Crippen molar-refractivity contribution in [2.75, 3.05) is 0 Å². The lowest BCUT2D eigenvalue weighted by Gasteiger charge is -2.17. The van der Waals surface area contributed by atoms with Gasteiger partial charge in [0.05, 0.1) is 66.5 Å². The lowest BCUT2D eigenvalue weighted by atomic mass is 9.96. The molecule has 0 aliphatic carbocycles. The Bertz CT molecular complexity index is 5960. The van der Waals surface area contributed by atoms with Crippen LogP contribution < -0.4 is 16.1 Å². The Morgan fingerprint density at radius 2 is 0.469 bits per heavy atom.